The smallest absolute Gasteiger partial charge is 0.138 e. The molecule has 0 radical (unpaired) electrons. The van der Waals surface area contributed by atoms with Crippen LogP contribution in [0.5, 0.6) is 0 Å². The Morgan fingerprint density at radius 1 is 1.60 bits per heavy atom. The van der Waals surface area contributed by atoms with Gasteiger partial charge in [-0.05, 0) is 38.3 Å². The number of nitrogens with zero attached hydrogens (tertiary/aromatic N) is 3. The highest BCUT2D eigenvalue weighted by Gasteiger charge is 2.22. The minimum absolute atomic E-state index is 0.716. The van der Waals surface area contributed by atoms with Crippen LogP contribution in [-0.2, 0) is 13.0 Å². The van der Waals surface area contributed by atoms with Gasteiger partial charge >= 0.3 is 0 Å². The fourth-order valence-electron chi connectivity index (χ4n) is 2.27. The summed E-state index contributed by atoms with van der Waals surface area (Å²) in [5.74, 6) is 2.65. The first kappa shape index (κ1) is 10.6. The van der Waals surface area contributed by atoms with Crippen molar-refractivity contribution in [1.82, 2.24) is 20.1 Å². The van der Waals surface area contributed by atoms with Crippen molar-refractivity contribution in [2.75, 3.05) is 13.1 Å². The average Bonchev–Trinajstić information content (AvgIpc) is 2.69. The molecule has 15 heavy (non-hydrogen) atoms. The molecule has 0 saturated carbocycles. The Morgan fingerprint density at radius 3 is 3.20 bits per heavy atom. The zero-order valence-electron chi connectivity index (χ0n) is 9.61. The highest BCUT2D eigenvalue weighted by Crippen LogP contribution is 2.21. The third kappa shape index (κ3) is 2.37. The molecule has 2 unspecified atom stereocenters. The van der Waals surface area contributed by atoms with Gasteiger partial charge in [-0.3, -0.25) is 4.68 Å². The molecule has 1 aliphatic rings. The zero-order chi connectivity index (χ0) is 10.7. The second kappa shape index (κ2) is 4.75. The Bertz CT molecular complexity index is 307. The van der Waals surface area contributed by atoms with Crippen LogP contribution in [-0.4, -0.2) is 27.9 Å². The molecule has 1 fully saturated rings. The number of rotatable bonds is 3. The molecular weight excluding hydrogens is 188 g/mol. The van der Waals surface area contributed by atoms with E-state index in [0.717, 1.165) is 37.8 Å². The summed E-state index contributed by atoms with van der Waals surface area (Å²) in [6, 6.07) is 0. The molecule has 4 nitrogen and oxygen atoms in total. The molecule has 0 bridgehead atoms. The van der Waals surface area contributed by atoms with E-state index in [1.165, 1.54) is 6.42 Å². The lowest BCUT2D eigenvalue weighted by Gasteiger charge is -2.29. The van der Waals surface area contributed by atoms with E-state index in [-0.39, 0.29) is 0 Å². The molecular formula is C11H20N4. The van der Waals surface area contributed by atoms with E-state index in [1.54, 1.807) is 6.33 Å². The first-order valence-electron chi connectivity index (χ1n) is 5.88. The van der Waals surface area contributed by atoms with Crippen LogP contribution in [0.25, 0.3) is 0 Å². The van der Waals surface area contributed by atoms with Crippen LogP contribution in [0.15, 0.2) is 6.33 Å². The predicted octanol–water partition coefficient (Wildman–Crippen LogP) is 1.09. The lowest BCUT2D eigenvalue weighted by Crippen LogP contribution is -2.37. The van der Waals surface area contributed by atoms with E-state index in [4.69, 9.17) is 0 Å². The van der Waals surface area contributed by atoms with Gasteiger partial charge in [0.15, 0.2) is 0 Å². The summed E-state index contributed by atoms with van der Waals surface area (Å²) in [6.45, 7) is 7.67. The molecule has 0 aliphatic carbocycles. The van der Waals surface area contributed by atoms with Crippen LogP contribution in [0.3, 0.4) is 0 Å². The van der Waals surface area contributed by atoms with E-state index >= 15 is 0 Å². The largest absolute Gasteiger partial charge is 0.316 e. The summed E-state index contributed by atoms with van der Waals surface area (Å²) in [6.07, 6.45) is 4.01. The maximum absolute atomic E-state index is 4.34. The zero-order valence-corrected chi connectivity index (χ0v) is 9.61. The molecule has 2 rings (SSSR count). The first-order valence-corrected chi connectivity index (χ1v) is 5.88. The summed E-state index contributed by atoms with van der Waals surface area (Å²) in [5.41, 5.74) is 0. The summed E-state index contributed by atoms with van der Waals surface area (Å²) >= 11 is 0. The third-order valence-electron chi connectivity index (χ3n) is 3.43. The lowest BCUT2D eigenvalue weighted by atomic mass is 9.85. The van der Waals surface area contributed by atoms with Gasteiger partial charge in [0.1, 0.15) is 12.2 Å². The summed E-state index contributed by atoms with van der Waals surface area (Å²) < 4.78 is 2.00. The number of piperidine rings is 1. The summed E-state index contributed by atoms with van der Waals surface area (Å²) in [4.78, 5) is 4.34. The SMILES string of the molecule is CCn1ncnc1CC1CNCCC1C. The second-order valence-corrected chi connectivity index (χ2v) is 4.43. The predicted molar refractivity (Wildman–Crippen MR) is 59.5 cm³/mol. The summed E-state index contributed by atoms with van der Waals surface area (Å²) in [5, 5.41) is 7.67. The van der Waals surface area contributed by atoms with Crippen LogP contribution in [0.4, 0.5) is 0 Å². The van der Waals surface area contributed by atoms with Crippen LogP contribution in [0.2, 0.25) is 0 Å². The van der Waals surface area contributed by atoms with Gasteiger partial charge in [-0.1, -0.05) is 6.92 Å². The first-order chi connectivity index (χ1) is 7.31. The minimum Gasteiger partial charge on any atom is -0.316 e. The fourth-order valence-corrected chi connectivity index (χ4v) is 2.27. The van der Waals surface area contributed by atoms with E-state index in [1.807, 2.05) is 4.68 Å². The maximum Gasteiger partial charge on any atom is 0.138 e. The van der Waals surface area contributed by atoms with Crippen molar-refractivity contribution >= 4 is 0 Å². The van der Waals surface area contributed by atoms with Gasteiger partial charge in [0.25, 0.3) is 0 Å². The van der Waals surface area contributed by atoms with E-state index in [2.05, 4.69) is 29.2 Å². The second-order valence-electron chi connectivity index (χ2n) is 4.43. The van der Waals surface area contributed by atoms with Crippen LogP contribution < -0.4 is 5.32 Å². The Labute approximate surface area is 91.1 Å². The highest BCUT2D eigenvalue weighted by atomic mass is 15.3. The Balaban J connectivity index is 2.01. The number of aromatic nitrogens is 3. The molecule has 0 spiro atoms. The van der Waals surface area contributed by atoms with Crippen molar-refractivity contribution < 1.29 is 0 Å². The minimum atomic E-state index is 0.716. The van der Waals surface area contributed by atoms with Crippen molar-refractivity contribution in [2.45, 2.75) is 33.2 Å². The molecule has 2 atom stereocenters. The van der Waals surface area contributed by atoms with Gasteiger partial charge in [-0.2, -0.15) is 5.10 Å². The van der Waals surface area contributed by atoms with Crippen LogP contribution >= 0.6 is 0 Å². The van der Waals surface area contributed by atoms with E-state index in [9.17, 15) is 0 Å². The van der Waals surface area contributed by atoms with Crippen molar-refractivity contribution in [3.05, 3.63) is 12.2 Å². The van der Waals surface area contributed by atoms with Crippen molar-refractivity contribution in [2.24, 2.45) is 11.8 Å². The van der Waals surface area contributed by atoms with Crippen LogP contribution in [0.1, 0.15) is 26.1 Å². The molecule has 1 aromatic heterocycles. The molecule has 0 aromatic carbocycles. The fraction of sp³-hybridized carbons (Fsp3) is 0.818. The van der Waals surface area contributed by atoms with Gasteiger partial charge in [-0.15, -0.1) is 0 Å². The van der Waals surface area contributed by atoms with Gasteiger partial charge in [0, 0.05) is 13.0 Å². The number of hydrogen-bond donors (Lipinski definition) is 1. The van der Waals surface area contributed by atoms with E-state index < -0.39 is 0 Å². The average molecular weight is 208 g/mol. The third-order valence-corrected chi connectivity index (χ3v) is 3.43. The highest BCUT2D eigenvalue weighted by molar-refractivity contribution is 4.90. The molecule has 1 N–H and O–H groups in total. The van der Waals surface area contributed by atoms with Gasteiger partial charge < -0.3 is 5.32 Å². The molecule has 0 amide bonds. The molecule has 2 heterocycles. The summed E-state index contributed by atoms with van der Waals surface area (Å²) in [7, 11) is 0. The number of hydrogen-bond acceptors (Lipinski definition) is 3. The standard InChI is InChI=1S/C11H20N4/c1-3-15-11(13-8-14-15)6-10-7-12-5-4-9(10)2/h8-10,12H,3-7H2,1-2H3. The Morgan fingerprint density at radius 2 is 2.47 bits per heavy atom. The normalized spacial score (nSPS) is 26.8. The quantitative estimate of drug-likeness (QED) is 0.808. The molecule has 1 aromatic rings. The van der Waals surface area contributed by atoms with Crippen LogP contribution in [0, 0.1) is 11.8 Å². The molecule has 84 valence electrons. The number of aryl methyl sites for hydroxylation is 1. The van der Waals surface area contributed by atoms with Crippen molar-refractivity contribution in [3.8, 4) is 0 Å². The topological polar surface area (TPSA) is 42.7 Å². The molecule has 1 saturated heterocycles. The van der Waals surface area contributed by atoms with Crippen molar-refractivity contribution in [1.29, 1.82) is 0 Å². The van der Waals surface area contributed by atoms with Gasteiger partial charge in [0.2, 0.25) is 0 Å². The Kier molecular flexibility index (Phi) is 3.36. The van der Waals surface area contributed by atoms with Gasteiger partial charge in [0.05, 0.1) is 0 Å². The Hall–Kier alpha value is -0.900. The monoisotopic (exact) mass is 208 g/mol. The number of nitrogens with one attached hydrogen (secondary N) is 1. The molecule has 1 aliphatic heterocycles. The van der Waals surface area contributed by atoms with Crippen molar-refractivity contribution in [3.63, 3.8) is 0 Å². The molecule has 4 heteroatoms. The maximum atomic E-state index is 4.34. The van der Waals surface area contributed by atoms with E-state index in [0.29, 0.717) is 5.92 Å². The lowest BCUT2D eigenvalue weighted by molar-refractivity contribution is 0.266. The van der Waals surface area contributed by atoms with Gasteiger partial charge in [-0.25, -0.2) is 4.98 Å².